The average Bonchev–Trinajstić information content (AvgIpc) is 3.01. The van der Waals surface area contributed by atoms with Crippen molar-refractivity contribution in [2.24, 2.45) is 5.92 Å². The zero-order valence-electron chi connectivity index (χ0n) is 14.0. The molecule has 25 heavy (non-hydrogen) atoms. The van der Waals surface area contributed by atoms with Crippen LogP contribution in [0.15, 0.2) is 36.5 Å². The Morgan fingerprint density at radius 2 is 2.08 bits per heavy atom. The van der Waals surface area contributed by atoms with Crippen molar-refractivity contribution >= 4 is 34.3 Å². The molecule has 3 rings (SSSR count). The minimum atomic E-state index is -0.389. The first-order valence-electron chi connectivity index (χ1n) is 8.27. The van der Waals surface area contributed by atoms with Crippen LogP contribution in [-0.2, 0) is 14.4 Å². The Kier molecular flexibility index (Phi) is 4.92. The average molecular weight is 340 g/mol. The third-order valence-electron chi connectivity index (χ3n) is 4.30. The number of hydrogen-bond donors (Lipinski definition) is 2. The molecule has 0 spiro atoms. The molecule has 0 aliphatic carbocycles. The fourth-order valence-corrected chi connectivity index (χ4v) is 2.96. The molecule has 2 heterocycles. The minimum Gasteiger partial charge on any atom is -0.347 e. The Morgan fingerprint density at radius 1 is 1.28 bits per heavy atom. The summed E-state index contributed by atoms with van der Waals surface area (Å²) in [5.74, 6) is -1.01. The normalized spacial score (nSPS) is 16.9. The maximum atomic E-state index is 12.1. The van der Waals surface area contributed by atoms with Crippen molar-refractivity contribution in [1.82, 2.24) is 15.2 Å². The summed E-state index contributed by atoms with van der Waals surface area (Å²) in [7, 11) is 0. The van der Waals surface area contributed by atoms with Gasteiger partial charge in [-0.25, -0.2) is 0 Å². The summed E-state index contributed by atoms with van der Waals surface area (Å²) in [4.78, 5) is 41.9. The monoisotopic (exact) mass is 340 g/mol. The molecule has 7 heteroatoms. The van der Waals surface area contributed by atoms with Crippen LogP contribution in [0.25, 0.3) is 10.9 Å². The van der Waals surface area contributed by atoms with Gasteiger partial charge in [0.1, 0.15) is 0 Å². The molecular weight excluding hydrogens is 320 g/mol. The van der Waals surface area contributed by atoms with Crippen LogP contribution in [0.2, 0.25) is 0 Å². The number of nitrogens with one attached hydrogen (secondary N) is 2. The lowest BCUT2D eigenvalue weighted by atomic mass is 10.1. The third-order valence-corrected chi connectivity index (χ3v) is 4.30. The van der Waals surface area contributed by atoms with Crippen molar-refractivity contribution in [1.29, 1.82) is 0 Å². The second-order valence-corrected chi connectivity index (χ2v) is 5.98. The standard InChI is InChI=1S/C18H20N4O3/c1-2-22-11-13(9-16(22)24)18(25)20-10-15(23)21-14-7-3-5-12-6-4-8-19-17(12)14/h3-8,13H,2,9-11H2,1H3,(H,20,25)(H,21,23)/t13-/m1/s1. The van der Waals surface area contributed by atoms with Crippen molar-refractivity contribution in [2.45, 2.75) is 13.3 Å². The summed E-state index contributed by atoms with van der Waals surface area (Å²) in [5.41, 5.74) is 1.30. The molecule has 0 radical (unpaired) electrons. The van der Waals surface area contributed by atoms with Gasteiger partial charge in [-0.2, -0.15) is 0 Å². The van der Waals surface area contributed by atoms with Crippen LogP contribution in [0, 0.1) is 5.92 Å². The fraction of sp³-hybridized carbons (Fsp3) is 0.333. The van der Waals surface area contributed by atoms with E-state index in [4.69, 9.17) is 0 Å². The number of fused-ring (bicyclic) bond motifs is 1. The molecule has 2 N–H and O–H groups in total. The lowest BCUT2D eigenvalue weighted by Gasteiger charge is -2.13. The number of rotatable bonds is 5. The Balaban J connectivity index is 1.56. The van der Waals surface area contributed by atoms with Crippen LogP contribution in [-0.4, -0.2) is 47.2 Å². The van der Waals surface area contributed by atoms with Crippen LogP contribution in [0.3, 0.4) is 0 Å². The second-order valence-electron chi connectivity index (χ2n) is 5.98. The van der Waals surface area contributed by atoms with Gasteiger partial charge >= 0.3 is 0 Å². The van der Waals surface area contributed by atoms with Gasteiger partial charge in [0.25, 0.3) is 0 Å². The van der Waals surface area contributed by atoms with Gasteiger partial charge in [0.15, 0.2) is 0 Å². The third kappa shape index (κ3) is 3.76. The molecule has 0 unspecified atom stereocenters. The summed E-state index contributed by atoms with van der Waals surface area (Å²) in [5, 5.41) is 6.30. The lowest BCUT2D eigenvalue weighted by molar-refractivity contribution is -0.129. The molecule has 3 amide bonds. The maximum Gasteiger partial charge on any atom is 0.243 e. The number of amides is 3. The fourth-order valence-electron chi connectivity index (χ4n) is 2.96. The van der Waals surface area contributed by atoms with Crippen LogP contribution in [0.4, 0.5) is 5.69 Å². The van der Waals surface area contributed by atoms with E-state index in [1.54, 1.807) is 17.2 Å². The number of hydrogen-bond acceptors (Lipinski definition) is 4. The molecule has 1 atom stereocenters. The number of aromatic nitrogens is 1. The van der Waals surface area contributed by atoms with Crippen LogP contribution < -0.4 is 10.6 Å². The quantitative estimate of drug-likeness (QED) is 0.854. The van der Waals surface area contributed by atoms with E-state index in [-0.39, 0.29) is 36.6 Å². The molecule has 1 aliphatic heterocycles. The summed E-state index contributed by atoms with van der Waals surface area (Å²) < 4.78 is 0. The van der Waals surface area contributed by atoms with Crippen molar-refractivity contribution in [2.75, 3.05) is 25.0 Å². The topological polar surface area (TPSA) is 91.4 Å². The number of carbonyl (C=O) groups excluding carboxylic acids is 3. The SMILES string of the molecule is CCN1C[C@H](C(=O)NCC(=O)Nc2cccc3cccnc23)CC1=O. The number of para-hydroxylation sites is 1. The highest BCUT2D eigenvalue weighted by Gasteiger charge is 2.33. The van der Waals surface area contributed by atoms with Gasteiger partial charge in [0.2, 0.25) is 17.7 Å². The Labute approximate surface area is 145 Å². The number of anilines is 1. The number of likely N-dealkylation sites (tertiary alicyclic amines) is 1. The first-order valence-corrected chi connectivity index (χ1v) is 8.27. The van der Waals surface area contributed by atoms with E-state index >= 15 is 0 Å². The van der Waals surface area contributed by atoms with Crippen LogP contribution >= 0.6 is 0 Å². The van der Waals surface area contributed by atoms with Gasteiger partial charge < -0.3 is 15.5 Å². The Bertz CT molecular complexity index is 816. The van der Waals surface area contributed by atoms with Gasteiger partial charge in [-0.05, 0) is 19.1 Å². The van der Waals surface area contributed by atoms with E-state index < -0.39 is 0 Å². The van der Waals surface area contributed by atoms with Crippen molar-refractivity contribution in [3.8, 4) is 0 Å². The van der Waals surface area contributed by atoms with Gasteiger partial charge in [-0.1, -0.05) is 18.2 Å². The lowest BCUT2D eigenvalue weighted by Crippen LogP contribution is -2.37. The number of nitrogens with zero attached hydrogens (tertiary/aromatic N) is 2. The molecule has 1 saturated heterocycles. The molecule has 0 saturated carbocycles. The predicted octanol–water partition coefficient (Wildman–Crippen LogP) is 1.16. The highest BCUT2D eigenvalue weighted by molar-refractivity contribution is 6.02. The van der Waals surface area contributed by atoms with Gasteiger partial charge in [0, 0.05) is 31.1 Å². The molecule has 1 aromatic heterocycles. The highest BCUT2D eigenvalue weighted by atomic mass is 16.2. The summed E-state index contributed by atoms with van der Waals surface area (Å²) in [6.07, 6.45) is 1.87. The molecule has 1 aromatic carbocycles. The molecule has 2 aromatic rings. The van der Waals surface area contributed by atoms with E-state index in [1.807, 2.05) is 31.2 Å². The van der Waals surface area contributed by atoms with E-state index in [9.17, 15) is 14.4 Å². The van der Waals surface area contributed by atoms with Gasteiger partial charge in [-0.15, -0.1) is 0 Å². The zero-order chi connectivity index (χ0) is 17.8. The number of pyridine rings is 1. The summed E-state index contributed by atoms with van der Waals surface area (Å²) in [6, 6.07) is 9.26. The van der Waals surface area contributed by atoms with Crippen molar-refractivity contribution in [3.05, 3.63) is 36.5 Å². The zero-order valence-corrected chi connectivity index (χ0v) is 14.0. The molecule has 1 fully saturated rings. The predicted molar refractivity (Wildman–Crippen MR) is 93.7 cm³/mol. The van der Waals surface area contributed by atoms with Gasteiger partial charge in [0.05, 0.1) is 23.7 Å². The first-order chi connectivity index (χ1) is 12.1. The molecule has 0 bridgehead atoms. The minimum absolute atomic E-state index is 0.0195. The largest absolute Gasteiger partial charge is 0.347 e. The van der Waals surface area contributed by atoms with E-state index in [0.717, 1.165) is 5.39 Å². The van der Waals surface area contributed by atoms with Crippen LogP contribution in [0.1, 0.15) is 13.3 Å². The maximum absolute atomic E-state index is 12.1. The van der Waals surface area contributed by atoms with Gasteiger partial charge in [-0.3, -0.25) is 19.4 Å². The number of benzene rings is 1. The molecule has 7 nitrogen and oxygen atoms in total. The molecule has 130 valence electrons. The highest BCUT2D eigenvalue weighted by Crippen LogP contribution is 2.20. The summed E-state index contributed by atoms with van der Waals surface area (Å²) in [6.45, 7) is 2.75. The second kappa shape index (κ2) is 7.29. The molecular formula is C18H20N4O3. The first kappa shape index (κ1) is 16.9. The summed E-state index contributed by atoms with van der Waals surface area (Å²) >= 11 is 0. The van der Waals surface area contributed by atoms with Crippen molar-refractivity contribution < 1.29 is 14.4 Å². The van der Waals surface area contributed by atoms with E-state index in [2.05, 4.69) is 15.6 Å². The van der Waals surface area contributed by atoms with Crippen molar-refractivity contribution in [3.63, 3.8) is 0 Å². The smallest absolute Gasteiger partial charge is 0.243 e. The molecule has 1 aliphatic rings. The Morgan fingerprint density at radius 3 is 2.84 bits per heavy atom. The Hall–Kier alpha value is -2.96. The van der Waals surface area contributed by atoms with E-state index in [0.29, 0.717) is 24.3 Å². The van der Waals surface area contributed by atoms with Crippen LogP contribution in [0.5, 0.6) is 0 Å². The number of carbonyl (C=O) groups is 3. The van der Waals surface area contributed by atoms with E-state index in [1.165, 1.54) is 0 Å².